The molecule has 0 unspecified atom stereocenters. The number of para-hydroxylation sites is 1. The van der Waals surface area contributed by atoms with Crippen LogP contribution in [0.4, 0.5) is 0 Å². The normalized spacial score (nSPS) is 10.3. The lowest BCUT2D eigenvalue weighted by atomic mass is 10.1. The fourth-order valence-electron chi connectivity index (χ4n) is 2.12. The van der Waals surface area contributed by atoms with Crippen molar-refractivity contribution in [2.45, 2.75) is 6.42 Å². The van der Waals surface area contributed by atoms with Crippen molar-refractivity contribution in [3.05, 3.63) is 72.1 Å². The minimum Gasteiger partial charge on any atom is -0.469 e. The van der Waals surface area contributed by atoms with Gasteiger partial charge in [0, 0.05) is 0 Å². The predicted octanol–water partition coefficient (Wildman–Crippen LogP) is 2.20. The van der Waals surface area contributed by atoms with Crippen molar-refractivity contribution in [1.29, 1.82) is 0 Å². The quantitative estimate of drug-likeness (QED) is 0.524. The molecule has 0 aliphatic heterocycles. The molecule has 0 atom stereocenters. The molecule has 0 amide bonds. The average Bonchev–Trinajstić information content (AvgIpc) is 3.14. The van der Waals surface area contributed by atoms with Gasteiger partial charge < -0.3 is 9.47 Å². The molecule has 7 nitrogen and oxygen atoms in total. The van der Waals surface area contributed by atoms with Gasteiger partial charge in [-0.15, -0.1) is 5.10 Å². The van der Waals surface area contributed by atoms with Crippen LogP contribution in [0.15, 0.2) is 60.8 Å². The molecule has 3 aromatic rings. The highest BCUT2D eigenvalue weighted by molar-refractivity contribution is 5.88. The van der Waals surface area contributed by atoms with Crippen molar-refractivity contribution in [2.75, 3.05) is 7.11 Å². The van der Waals surface area contributed by atoms with E-state index in [1.54, 1.807) is 24.3 Å². The third-order valence-electron chi connectivity index (χ3n) is 3.40. The van der Waals surface area contributed by atoms with Crippen LogP contribution in [0.25, 0.3) is 5.69 Å². The zero-order valence-corrected chi connectivity index (χ0v) is 13.5. The summed E-state index contributed by atoms with van der Waals surface area (Å²) in [6.45, 7) is 0. The van der Waals surface area contributed by atoms with Gasteiger partial charge in [-0.05, 0) is 29.8 Å². The van der Waals surface area contributed by atoms with Gasteiger partial charge in [-0.2, -0.15) is 9.90 Å². The van der Waals surface area contributed by atoms with Crippen LogP contribution in [0.5, 0.6) is 5.75 Å². The monoisotopic (exact) mass is 337 g/mol. The third kappa shape index (κ3) is 4.08. The smallest absolute Gasteiger partial charge is 0.365 e. The highest BCUT2D eigenvalue weighted by atomic mass is 16.5. The molecule has 3 rings (SSSR count). The topological polar surface area (TPSA) is 83.3 Å². The number of aromatic nitrogens is 3. The number of nitrogens with zero attached hydrogens (tertiary/aromatic N) is 3. The number of hydrogen-bond acceptors (Lipinski definition) is 6. The van der Waals surface area contributed by atoms with E-state index >= 15 is 0 Å². The molecule has 0 radical (unpaired) electrons. The second-order valence-electron chi connectivity index (χ2n) is 5.14. The summed E-state index contributed by atoms with van der Waals surface area (Å²) in [6, 6.07) is 15.9. The number of carbonyl (C=O) groups is 2. The highest BCUT2D eigenvalue weighted by Gasteiger charge is 2.14. The zero-order valence-electron chi connectivity index (χ0n) is 13.5. The summed E-state index contributed by atoms with van der Waals surface area (Å²) in [6.07, 6.45) is 1.51. The minimum absolute atomic E-state index is 0.0995. The van der Waals surface area contributed by atoms with Gasteiger partial charge in [-0.25, -0.2) is 4.79 Å². The first kappa shape index (κ1) is 16.4. The molecule has 0 fully saturated rings. The van der Waals surface area contributed by atoms with E-state index in [9.17, 15) is 9.59 Å². The second kappa shape index (κ2) is 7.39. The number of methoxy groups -OCH3 is 1. The molecule has 1 aromatic heterocycles. The molecule has 0 saturated heterocycles. The Hall–Kier alpha value is -3.48. The van der Waals surface area contributed by atoms with Crippen LogP contribution < -0.4 is 4.74 Å². The second-order valence-corrected chi connectivity index (χ2v) is 5.14. The van der Waals surface area contributed by atoms with Gasteiger partial charge in [0.25, 0.3) is 0 Å². The SMILES string of the molecule is COC(=O)Cc1ccc(OC(=O)c2cnn(-c3ccccc3)n2)cc1. The Morgan fingerprint density at radius 3 is 2.44 bits per heavy atom. The van der Waals surface area contributed by atoms with E-state index in [2.05, 4.69) is 14.9 Å². The van der Waals surface area contributed by atoms with Crippen LogP contribution in [-0.4, -0.2) is 34.0 Å². The summed E-state index contributed by atoms with van der Waals surface area (Å²) in [5, 5.41) is 8.17. The summed E-state index contributed by atoms with van der Waals surface area (Å²) in [5.74, 6) is -0.585. The lowest BCUT2D eigenvalue weighted by Crippen LogP contribution is -2.10. The third-order valence-corrected chi connectivity index (χ3v) is 3.40. The van der Waals surface area contributed by atoms with Gasteiger partial charge in [0.2, 0.25) is 0 Å². The van der Waals surface area contributed by atoms with Crippen molar-refractivity contribution < 1.29 is 19.1 Å². The maximum Gasteiger partial charge on any atom is 0.365 e. The first-order valence-electron chi connectivity index (χ1n) is 7.51. The standard InChI is InChI=1S/C18H15N3O4/c1-24-17(22)11-13-7-9-15(10-8-13)25-18(23)16-12-19-21(20-16)14-5-3-2-4-6-14/h2-10,12H,11H2,1H3. The van der Waals surface area contributed by atoms with Gasteiger partial charge in [-0.3, -0.25) is 4.79 Å². The van der Waals surface area contributed by atoms with E-state index in [1.165, 1.54) is 18.1 Å². The lowest BCUT2D eigenvalue weighted by Gasteiger charge is -2.04. The largest absolute Gasteiger partial charge is 0.469 e. The number of hydrogen-bond donors (Lipinski definition) is 0. The highest BCUT2D eigenvalue weighted by Crippen LogP contribution is 2.14. The van der Waals surface area contributed by atoms with Crippen LogP contribution in [0.3, 0.4) is 0 Å². The fraction of sp³-hybridized carbons (Fsp3) is 0.111. The Morgan fingerprint density at radius 2 is 1.76 bits per heavy atom. The van der Waals surface area contributed by atoms with Crippen molar-refractivity contribution in [3.63, 3.8) is 0 Å². The van der Waals surface area contributed by atoms with Crippen molar-refractivity contribution in [3.8, 4) is 11.4 Å². The van der Waals surface area contributed by atoms with Gasteiger partial charge in [-0.1, -0.05) is 30.3 Å². The molecular weight excluding hydrogens is 322 g/mol. The Kier molecular flexibility index (Phi) is 4.84. The summed E-state index contributed by atoms with van der Waals surface area (Å²) in [5.41, 5.74) is 1.61. The van der Waals surface area contributed by atoms with Crippen LogP contribution in [0, 0.1) is 0 Å². The van der Waals surface area contributed by atoms with Crippen molar-refractivity contribution >= 4 is 11.9 Å². The van der Waals surface area contributed by atoms with Gasteiger partial charge in [0.15, 0.2) is 5.69 Å². The summed E-state index contributed by atoms with van der Waals surface area (Å²) >= 11 is 0. The van der Waals surface area contributed by atoms with Gasteiger partial charge in [0.05, 0.1) is 25.4 Å². The van der Waals surface area contributed by atoms with E-state index < -0.39 is 5.97 Å². The Morgan fingerprint density at radius 1 is 1.04 bits per heavy atom. The summed E-state index contributed by atoms with van der Waals surface area (Å²) < 4.78 is 9.87. The summed E-state index contributed by atoms with van der Waals surface area (Å²) in [4.78, 5) is 24.7. The van der Waals surface area contributed by atoms with Crippen LogP contribution in [0.2, 0.25) is 0 Å². The molecule has 7 heteroatoms. The van der Waals surface area contributed by atoms with E-state index in [0.717, 1.165) is 11.3 Å². The molecule has 0 aliphatic rings. The average molecular weight is 337 g/mol. The molecule has 2 aromatic carbocycles. The van der Waals surface area contributed by atoms with Crippen molar-refractivity contribution in [2.24, 2.45) is 0 Å². The summed E-state index contributed by atoms with van der Waals surface area (Å²) in [7, 11) is 1.33. The van der Waals surface area contributed by atoms with Gasteiger partial charge >= 0.3 is 11.9 Å². The van der Waals surface area contributed by atoms with E-state index in [1.807, 2.05) is 30.3 Å². The first-order chi connectivity index (χ1) is 12.2. The molecule has 126 valence electrons. The Bertz CT molecular complexity index is 873. The van der Waals surface area contributed by atoms with E-state index in [-0.39, 0.29) is 18.1 Å². The van der Waals surface area contributed by atoms with Crippen molar-refractivity contribution in [1.82, 2.24) is 15.0 Å². The van der Waals surface area contributed by atoms with E-state index in [4.69, 9.17) is 4.74 Å². The number of rotatable bonds is 5. The van der Waals surface area contributed by atoms with Crippen LogP contribution in [-0.2, 0) is 16.0 Å². The molecular formula is C18H15N3O4. The van der Waals surface area contributed by atoms with Crippen LogP contribution in [0.1, 0.15) is 16.1 Å². The Balaban J connectivity index is 1.66. The maximum absolute atomic E-state index is 12.2. The molecule has 0 aliphatic carbocycles. The predicted molar refractivity (Wildman–Crippen MR) is 88.5 cm³/mol. The fourth-order valence-corrected chi connectivity index (χ4v) is 2.12. The number of ether oxygens (including phenoxy) is 2. The molecule has 0 N–H and O–H groups in total. The maximum atomic E-state index is 12.2. The molecule has 0 spiro atoms. The molecule has 25 heavy (non-hydrogen) atoms. The number of carbonyl (C=O) groups excluding carboxylic acids is 2. The first-order valence-corrected chi connectivity index (χ1v) is 7.51. The lowest BCUT2D eigenvalue weighted by molar-refractivity contribution is -0.139. The number of benzene rings is 2. The molecule has 0 bridgehead atoms. The zero-order chi connectivity index (χ0) is 17.6. The van der Waals surface area contributed by atoms with Crippen LogP contribution >= 0.6 is 0 Å². The number of esters is 2. The molecule has 0 saturated carbocycles. The van der Waals surface area contributed by atoms with E-state index in [0.29, 0.717) is 5.75 Å². The molecule has 1 heterocycles. The minimum atomic E-state index is -0.608. The van der Waals surface area contributed by atoms with Gasteiger partial charge in [0.1, 0.15) is 5.75 Å². The Labute approximate surface area is 143 Å².